The molecule has 9 heteroatoms. The molecule has 1 aromatic heterocycles. The average molecular weight is 417 g/mol. The molecule has 2 aromatic carbocycles. The Labute approximate surface area is 168 Å². The van der Waals surface area contributed by atoms with Gasteiger partial charge in [0.2, 0.25) is 0 Å². The van der Waals surface area contributed by atoms with Crippen molar-refractivity contribution in [2.24, 2.45) is 0 Å². The number of anilines is 1. The van der Waals surface area contributed by atoms with Gasteiger partial charge in [0.25, 0.3) is 5.91 Å². The van der Waals surface area contributed by atoms with Crippen LogP contribution in [0.2, 0.25) is 0 Å². The third-order valence-corrected chi connectivity index (χ3v) is 4.73. The Hall–Kier alpha value is -3.38. The van der Waals surface area contributed by atoms with Gasteiger partial charge in [-0.05, 0) is 29.8 Å². The van der Waals surface area contributed by atoms with Crippen molar-refractivity contribution in [3.05, 3.63) is 76.3 Å². The Morgan fingerprint density at radius 3 is 2.66 bits per heavy atom. The molecule has 0 aliphatic heterocycles. The molecule has 148 valence electrons. The summed E-state index contributed by atoms with van der Waals surface area (Å²) in [5.41, 5.74) is -0.881. The molecule has 0 aliphatic rings. The van der Waals surface area contributed by atoms with Gasteiger partial charge in [-0.15, -0.1) is 11.3 Å². The number of amides is 1. The highest BCUT2D eigenvalue weighted by Crippen LogP contribution is 2.34. The van der Waals surface area contributed by atoms with Gasteiger partial charge in [-0.2, -0.15) is 18.4 Å². The number of alkyl halides is 3. The van der Waals surface area contributed by atoms with Crippen molar-refractivity contribution in [2.75, 3.05) is 11.9 Å². The number of nitrogens with one attached hydrogen (secondary N) is 1. The molecule has 0 radical (unpaired) electrons. The lowest BCUT2D eigenvalue weighted by atomic mass is 10.0. The number of carbonyl (C=O) groups is 1. The summed E-state index contributed by atoms with van der Waals surface area (Å²) in [7, 11) is 0. The van der Waals surface area contributed by atoms with Gasteiger partial charge in [0, 0.05) is 17.5 Å². The van der Waals surface area contributed by atoms with E-state index in [1.54, 1.807) is 30.3 Å². The SMILES string of the molecule is N#Cc1ccc(Cc2cnc(NC(=O)COc3ccccc3)s2)c(C(F)(F)F)c1. The van der Waals surface area contributed by atoms with Gasteiger partial charge in [0.05, 0.1) is 17.2 Å². The fourth-order valence-corrected chi connectivity index (χ4v) is 3.37. The smallest absolute Gasteiger partial charge is 0.416 e. The third kappa shape index (κ3) is 5.56. The van der Waals surface area contributed by atoms with Crippen LogP contribution in [-0.2, 0) is 17.4 Å². The maximum Gasteiger partial charge on any atom is 0.416 e. The summed E-state index contributed by atoms with van der Waals surface area (Å²) >= 11 is 1.08. The van der Waals surface area contributed by atoms with E-state index >= 15 is 0 Å². The third-order valence-electron chi connectivity index (χ3n) is 3.82. The molecule has 0 saturated heterocycles. The van der Waals surface area contributed by atoms with Crippen LogP contribution in [-0.4, -0.2) is 17.5 Å². The number of aromatic nitrogens is 1. The second kappa shape index (κ2) is 8.75. The number of nitriles is 1. The van der Waals surface area contributed by atoms with Crippen molar-refractivity contribution >= 4 is 22.4 Å². The second-order valence-corrected chi connectivity index (χ2v) is 7.06. The molecule has 0 aliphatic carbocycles. The summed E-state index contributed by atoms with van der Waals surface area (Å²) < 4.78 is 45.2. The number of rotatable bonds is 6. The lowest BCUT2D eigenvalue weighted by molar-refractivity contribution is -0.138. The van der Waals surface area contributed by atoms with Crippen molar-refractivity contribution in [1.29, 1.82) is 5.26 Å². The topological polar surface area (TPSA) is 75.0 Å². The molecule has 0 atom stereocenters. The van der Waals surface area contributed by atoms with Crippen LogP contribution in [0.15, 0.2) is 54.7 Å². The molecule has 0 saturated carbocycles. The van der Waals surface area contributed by atoms with E-state index in [1.165, 1.54) is 18.3 Å². The van der Waals surface area contributed by atoms with E-state index in [2.05, 4.69) is 10.3 Å². The van der Waals surface area contributed by atoms with Crippen LogP contribution < -0.4 is 10.1 Å². The van der Waals surface area contributed by atoms with Gasteiger partial charge in [-0.1, -0.05) is 24.3 Å². The minimum atomic E-state index is -4.57. The summed E-state index contributed by atoms with van der Waals surface area (Å²) in [6.45, 7) is -0.216. The van der Waals surface area contributed by atoms with Crippen LogP contribution in [0, 0.1) is 11.3 Å². The maximum absolute atomic E-state index is 13.3. The van der Waals surface area contributed by atoms with E-state index in [9.17, 15) is 18.0 Å². The first-order valence-corrected chi connectivity index (χ1v) is 9.19. The predicted octanol–water partition coefficient (Wildman–Crippen LogP) is 4.64. The molecule has 0 fully saturated rings. The number of hydrogen-bond acceptors (Lipinski definition) is 5. The van der Waals surface area contributed by atoms with Gasteiger partial charge in [0.1, 0.15) is 5.75 Å². The molecule has 0 bridgehead atoms. The number of thiazole rings is 1. The van der Waals surface area contributed by atoms with Gasteiger partial charge in [-0.25, -0.2) is 4.98 Å². The molecule has 1 heterocycles. The standard InChI is InChI=1S/C20H14F3N3O2S/c21-20(22,23)17-8-13(10-24)6-7-14(17)9-16-11-25-19(29-16)26-18(27)12-28-15-4-2-1-3-5-15/h1-8,11H,9,12H2,(H,25,26,27). The average Bonchev–Trinajstić information content (AvgIpc) is 3.13. The molecule has 29 heavy (non-hydrogen) atoms. The van der Waals surface area contributed by atoms with E-state index in [0.717, 1.165) is 17.4 Å². The predicted molar refractivity (Wildman–Crippen MR) is 102 cm³/mol. The van der Waals surface area contributed by atoms with Crippen LogP contribution in [0.3, 0.4) is 0 Å². The molecular formula is C20H14F3N3O2S. The van der Waals surface area contributed by atoms with Gasteiger partial charge in [0.15, 0.2) is 11.7 Å². The Balaban J connectivity index is 1.65. The molecule has 1 N–H and O–H groups in total. The van der Waals surface area contributed by atoms with E-state index in [-0.39, 0.29) is 29.3 Å². The lowest BCUT2D eigenvalue weighted by Crippen LogP contribution is -2.19. The van der Waals surface area contributed by atoms with E-state index in [1.807, 2.05) is 6.07 Å². The van der Waals surface area contributed by atoms with E-state index in [4.69, 9.17) is 10.00 Å². The molecule has 3 aromatic rings. The van der Waals surface area contributed by atoms with E-state index < -0.39 is 17.6 Å². The zero-order valence-electron chi connectivity index (χ0n) is 14.9. The fourth-order valence-electron chi connectivity index (χ4n) is 2.52. The first-order chi connectivity index (χ1) is 13.8. The Kier molecular flexibility index (Phi) is 6.14. The first kappa shape index (κ1) is 20.4. The Morgan fingerprint density at radius 1 is 1.21 bits per heavy atom. The van der Waals surface area contributed by atoms with Crippen molar-refractivity contribution in [3.63, 3.8) is 0 Å². The van der Waals surface area contributed by atoms with Gasteiger partial charge in [-0.3, -0.25) is 10.1 Å². The Bertz CT molecular complexity index is 1040. The number of hydrogen-bond donors (Lipinski definition) is 1. The largest absolute Gasteiger partial charge is 0.484 e. The van der Waals surface area contributed by atoms with Crippen molar-refractivity contribution < 1.29 is 22.7 Å². The molecule has 1 amide bonds. The van der Waals surface area contributed by atoms with E-state index in [0.29, 0.717) is 10.6 Å². The zero-order chi connectivity index (χ0) is 20.9. The molecule has 0 spiro atoms. The van der Waals surface area contributed by atoms with Crippen LogP contribution in [0.25, 0.3) is 0 Å². The normalized spacial score (nSPS) is 11.0. The lowest BCUT2D eigenvalue weighted by Gasteiger charge is -2.12. The fraction of sp³-hybridized carbons (Fsp3) is 0.150. The number of ether oxygens (including phenoxy) is 1. The minimum Gasteiger partial charge on any atom is -0.484 e. The highest BCUT2D eigenvalue weighted by Gasteiger charge is 2.33. The number of nitrogens with zero attached hydrogens (tertiary/aromatic N) is 2. The number of para-hydroxylation sites is 1. The number of carbonyl (C=O) groups excluding carboxylic acids is 1. The minimum absolute atomic E-state index is 0.0192. The quantitative estimate of drug-likeness (QED) is 0.634. The summed E-state index contributed by atoms with van der Waals surface area (Å²) in [4.78, 5) is 16.5. The van der Waals surface area contributed by atoms with Crippen LogP contribution in [0.4, 0.5) is 18.3 Å². The highest BCUT2D eigenvalue weighted by molar-refractivity contribution is 7.15. The van der Waals surface area contributed by atoms with Gasteiger partial charge >= 0.3 is 6.18 Å². The van der Waals surface area contributed by atoms with Crippen LogP contribution in [0.1, 0.15) is 21.6 Å². The highest BCUT2D eigenvalue weighted by atomic mass is 32.1. The molecule has 0 unspecified atom stereocenters. The first-order valence-electron chi connectivity index (χ1n) is 8.38. The number of benzene rings is 2. The van der Waals surface area contributed by atoms with Crippen molar-refractivity contribution in [2.45, 2.75) is 12.6 Å². The summed E-state index contributed by atoms with van der Waals surface area (Å²) in [5, 5.41) is 11.7. The van der Waals surface area contributed by atoms with Crippen LogP contribution in [0.5, 0.6) is 5.75 Å². The monoisotopic (exact) mass is 417 g/mol. The van der Waals surface area contributed by atoms with Gasteiger partial charge < -0.3 is 4.74 Å². The Morgan fingerprint density at radius 2 is 1.97 bits per heavy atom. The zero-order valence-corrected chi connectivity index (χ0v) is 15.7. The van der Waals surface area contributed by atoms with Crippen LogP contribution >= 0.6 is 11.3 Å². The molecule has 5 nitrogen and oxygen atoms in total. The summed E-state index contributed by atoms with van der Waals surface area (Å²) in [6.07, 6.45) is -3.18. The summed E-state index contributed by atoms with van der Waals surface area (Å²) in [6, 6.07) is 14.0. The van der Waals surface area contributed by atoms with Crippen molar-refractivity contribution in [1.82, 2.24) is 4.98 Å². The number of halogens is 3. The molecular weight excluding hydrogens is 403 g/mol. The molecule has 3 rings (SSSR count). The summed E-state index contributed by atoms with van der Waals surface area (Å²) in [5.74, 6) is 0.118. The second-order valence-electron chi connectivity index (χ2n) is 5.94. The van der Waals surface area contributed by atoms with Crippen molar-refractivity contribution in [3.8, 4) is 11.8 Å². The maximum atomic E-state index is 13.3.